The lowest BCUT2D eigenvalue weighted by Crippen LogP contribution is -2.31. The van der Waals surface area contributed by atoms with Gasteiger partial charge in [0.15, 0.2) is 0 Å². The average Bonchev–Trinajstić information content (AvgIpc) is 3.27. The third-order valence-corrected chi connectivity index (χ3v) is 7.12. The third-order valence-electron chi connectivity index (χ3n) is 4.82. The number of hydrogen-bond acceptors (Lipinski definition) is 6. The van der Waals surface area contributed by atoms with Crippen LogP contribution in [0.4, 0.5) is 0 Å². The molecule has 156 valence electrons. The Balaban J connectivity index is 1.87. The molecule has 0 spiro atoms. The van der Waals surface area contributed by atoms with Crippen molar-refractivity contribution in [1.29, 1.82) is 0 Å². The molecule has 0 aliphatic heterocycles. The zero-order valence-electron chi connectivity index (χ0n) is 17.3. The van der Waals surface area contributed by atoms with Crippen LogP contribution in [0.5, 0.6) is 5.75 Å². The summed E-state index contributed by atoms with van der Waals surface area (Å²) in [5.41, 5.74) is 2.56. The van der Waals surface area contributed by atoms with Gasteiger partial charge in [0.2, 0.25) is 15.9 Å². The van der Waals surface area contributed by atoms with Gasteiger partial charge in [-0.05, 0) is 38.1 Å². The largest absolute Gasteiger partial charge is 0.497 e. The van der Waals surface area contributed by atoms with E-state index in [0.29, 0.717) is 42.6 Å². The fraction of sp³-hybridized carbons (Fsp3) is 0.400. The Morgan fingerprint density at radius 1 is 1.14 bits per heavy atom. The Morgan fingerprint density at radius 3 is 2.38 bits per heavy atom. The minimum absolute atomic E-state index is 0.264. The molecule has 0 atom stereocenters. The van der Waals surface area contributed by atoms with E-state index in [1.807, 2.05) is 38.1 Å². The first-order chi connectivity index (χ1) is 13.8. The van der Waals surface area contributed by atoms with E-state index in [9.17, 15) is 8.42 Å². The van der Waals surface area contributed by atoms with Gasteiger partial charge in [-0.1, -0.05) is 13.8 Å². The van der Waals surface area contributed by atoms with Crippen molar-refractivity contribution in [2.24, 2.45) is 0 Å². The molecule has 8 nitrogen and oxygen atoms in total. The van der Waals surface area contributed by atoms with E-state index in [2.05, 4.69) is 10.1 Å². The van der Waals surface area contributed by atoms with Crippen LogP contribution in [0, 0.1) is 13.8 Å². The van der Waals surface area contributed by atoms with Crippen molar-refractivity contribution in [3.63, 3.8) is 0 Å². The van der Waals surface area contributed by atoms with Gasteiger partial charge in [0, 0.05) is 18.7 Å². The van der Waals surface area contributed by atoms with Crippen LogP contribution in [-0.2, 0) is 16.6 Å². The number of rotatable bonds is 8. The number of nitrogens with zero attached hydrogens (tertiary/aromatic N) is 4. The highest BCUT2D eigenvalue weighted by Gasteiger charge is 2.29. The molecular weight excluding hydrogens is 392 g/mol. The average molecular weight is 419 g/mol. The SMILES string of the molecule is CCN(CC)S(=O)(=O)c1c(C)nn(Cc2coc(-c3ccc(OC)cc3)n2)c1C. The lowest BCUT2D eigenvalue weighted by Gasteiger charge is -2.18. The molecule has 0 aliphatic rings. The molecular formula is C20H26N4O4S. The van der Waals surface area contributed by atoms with Crippen molar-refractivity contribution in [1.82, 2.24) is 19.1 Å². The molecule has 0 saturated heterocycles. The molecule has 0 aliphatic carbocycles. The lowest BCUT2D eigenvalue weighted by atomic mass is 10.2. The Hall–Kier alpha value is -2.65. The Bertz CT molecular complexity index is 1080. The number of aryl methyl sites for hydroxylation is 1. The van der Waals surface area contributed by atoms with Crippen LogP contribution < -0.4 is 4.74 Å². The smallest absolute Gasteiger partial charge is 0.246 e. The van der Waals surface area contributed by atoms with Crippen LogP contribution in [0.25, 0.3) is 11.5 Å². The molecule has 29 heavy (non-hydrogen) atoms. The fourth-order valence-corrected chi connectivity index (χ4v) is 5.13. The number of aromatic nitrogens is 3. The first kappa shape index (κ1) is 21.1. The van der Waals surface area contributed by atoms with Crippen LogP contribution in [0.3, 0.4) is 0 Å². The van der Waals surface area contributed by atoms with Crippen molar-refractivity contribution in [3.8, 4) is 17.2 Å². The quantitative estimate of drug-likeness (QED) is 0.558. The number of benzene rings is 1. The van der Waals surface area contributed by atoms with Crippen LogP contribution in [0.2, 0.25) is 0 Å². The molecule has 1 aromatic carbocycles. The van der Waals surface area contributed by atoms with Crippen LogP contribution in [0.1, 0.15) is 30.9 Å². The van der Waals surface area contributed by atoms with Gasteiger partial charge in [-0.15, -0.1) is 0 Å². The van der Waals surface area contributed by atoms with Gasteiger partial charge in [0.1, 0.15) is 22.6 Å². The molecule has 2 heterocycles. The highest BCUT2D eigenvalue weighted by molar-refractivity contribution is 7.89. The normalized spacial score (nSPS) is 11.9. The van der Waals surface area contributed by atoms with Gasteiger partial charge in [-0.2, -0.15) is 9.40 Å². The second-order valence-electron chi connectivity index (χ2n) is 6.62. The van der Waals surface area contributed by atoms with E-state index in [1.54, 1.807) is 31.9 Å². The standard InChI is InChI=1S/C20H26N4O4S/c1-6-23(7-2)29(25,26)19-14(3)22-24(15(19)4)12-17-13-28-20(21-17)16-8-10-18(27-5)11-9-16/h8-11,13H,6-7,12H2,1-5H3. The minimum atomic E-state index is -3.58. The summed E-state index contributed by atoms with van der Waals surface area (Å²) in [6.07, 6.45) is 1.56. The second-order valence-corrected chi connectivity index (χ2v) is 8.49. The van der Waals surface area contributed by atoms with Gasteiger partial charge in [-0.25, -0.2) is 13.4 Å². The summed E-state index contributed by atoms with van der Waals surface area (Å²) in [4.78, 5) is 4.78. The van der Waals surface area contributed by atoms with Crippen molar-refractivity contribution >= 4 is 10.0 Å². The van der Waals surface area contributed by atoms with E-state index >= 15 is 0 Å². The lowest BCUT2D eigenvalue weighted by molar-refractivity contribution is 0.415. The summed E-state index contributed by atoms with van der Waals surface area (Å²) in [6, 6.07) is 7.41. The van der Waals surface area contributed by atoms with E-state index < -0.39 is 10.0 Å². The Labute approximate surface area is 171 Å². The van der Waals surface area contributed by atoms with E-state index in [-0.39, 0.29) is 4.90 Å². The highest BCUT2D eigenvalue weighted by atomic mass is 32.2. The Kier molecular flexibility index (Phi) is 6.09. The summed E-state index contributed by atoms with van der Waals surface area (Å²) in [7, 11) is -1.97. The number of hydrogen-bond donors (Lipinski definition) is 0. The van der Waals surface area contributed by atoms with Crippen LogP contribution >= 0.6 is 0 Å². The maximum absolute atomic E-state index is 13.0. The molecule has 3 rings (SSSR count). The summed E-state index contributed by atoms with van der Waals surface area (Å²) in [5, 5.41) is 4.44. The molecule has 0 N–H and O–H groups in total. The predicted molar refractivity (Wildman–Crippen MR) is 109 cm³/mol. The number of sulfonamides is 1. The highest BCUT2D eigenvalue weighted by Crippen LogP contribution is 2.25. The summed E-state index contributed by atoms with van der Waals surface area (Å²) in [6.45, 7) is 8.28. The number of methoxy groups -OCH3 is 1. The topological polar surface area (TPSA) is 90.5 Å². The minimum Gasteiger partial charge on any atom is -0.497 e. The van der Waals surface area contributed by atoms with Crippen molar-refractivity contribution < 1.29 is 17.6 Å². The van der Waals surface area contributed by atoms with Crippen LogP contribution in [0.15, 0.2) is 39.8 Å². The monoisotopic (exact) mass is 418 g/mol. The molecule has 0 radical (unpaired) electrons. The molecule has 0 saturated carbocycles. The molecule has 0 amide bonds. The van der Waals surface area contributed by atoms with Crippen LogP contribution in [-0.4, -0.2) is 47.7 Å². The van der Waals surface area contributed by atoms with Gasteiger partial charge in [0.25, 0.3) is 0 Å². The van der Waals surface area contributed by atoms with Gasteiger partial charge >= 0.3 is 0 Å². The van der Waals surface area contributed by atoms with Gasteiger partial charge in [-0.3, -0.25) is 4.68 Å². The number of oxazole rings is 1. The summed E-state index contributed by atoms with van der Waals surface area (Å²) < 4.78 is 39.8. The summed E-state index contributed by atoms with van der Waals surface area (Å²) >= 11 is 0. The van der Waals surface area contributed by atoms with Crippen molar-refractivity contribution in [2.75, 3.05) is 20.2 Å². The molecule has 9 heteroatoms. The van der Waals surface area contributed by atoms with E-state index in [4.69, 9.17) is 9.15 Å². The van der Waals surface area contributed by atoms with Gasteiger partial charge < -0.3 is 9.15 Å². The maximum atomic E-state index is 13.0. The fourth-order valence-electron chi connectivity index (χ4n) is 3.30. The molecule has 0 fully saturated rings. The Morgan fingerprint density at radius 2 is 1.79 bits per heavy atom. The van der Waals surface area contributed by atoms with Gasteiger partial charge in [0.05, 0.1) is 25.0 Å². The third kappa shape index (κ3) is 4.06. The molecule has 0 bridgehead atoms. The zero-order chi connectivity index (χ0) is 21.2. The summed E-state index contributed by atoms with van der Waals surface area (Å²) in [5.74, 6) is 1.24. The van der Waals surface area contributed by atoms with Crippen molar-refractivity contribution in [2.45, 2.75) is 39.1 Å². The van der Waals surface area contributed by atoms with E-state index in [1.165, 1.54) is 4.31 Å². The molecule has 0 unspecified atom stereocenters. The second kappa shape index (κ2) is 8.38. The molecule has 3 aromatic rings. The van der Waals surface area contributed by atoms with Crippen molar-refractivity contribution in [3.05, 3.63) is 47.6 Å². The predicted octanol–water partition coefficient (Wildman–Crippen LogP) is 3.24. The first-order valence-electron chi connectivity index (χ1n) is 9.44. The first-order valence-corrected chi connectivity index (χ1v) is 10.9. The molecule has 2 aromatic heterocycles. The number of ether oxygens (including phenoxy) is 1. The van der Waals surface area contributed by atoms with E-state index in [0.717, 1.165) is 11.3 Å². The zero-order valence-corrected chi connectivity index (χ0v) is 18.2. The maximum Gasteiger partial charge on any atom is 0.246 e.